The van der Waals surface area contributed by atoms with E-state index in [-0.39, 0.29) is 12.5 Å². The Morgan fingerprint density at radius 2 is 1.77 bits per heavy atom. The maximum absolute atomic E-state index is 12.0. The lowest BCUT2D eigenvalue weighted by Crippen LogP contribution is -3.11. The van der Waals surface area contributed by atoms with Gasteiger partial charge in [0.15, 0.2) is 6.61 Å². The average molecular weight is 353 g/mol. The molecular weight excluding hydrogens is 324 g/mol. The second-order valence-corrected chi connectivity index (χ2v) is 7.19. The number of carbonyl (C=O) groups excluding carboxylic acids is 1. The molecule has 0 bridgehead atoms. The monoisotopic (exact) mass is 353 g/mol. The Morgan fingerprint density at radius 1 is 1.04 bits per heavy atom. The molecule has 1 saturated heterocycles. The summed E-state index contributed by atoms with van der Waals surface area (Å²) < 4.78 is 5.53. The zero-order chi connectivity index (χ0) is 18.2. The quantitative estimate of drug-likeness (QED) is 0.802. The van der Waals surface area contributed by atoms with Crippen LogP contribution in [0.5, 0.6) is 5.75 Å². The minimum Gasteiger partial charge on any atom is -0.484 e. The van der Waals surface area contributed by atoms with Gasteiger partial charge in [0, 0.05) is 12.1 Å². The van der Waals surface area contributed by atoms with Crippen LogP contribution in [0.4, 0.5) is 0 Å². The largest absolute Gasteiger partial charge is 0.484 e. The summed E-state index contributed by atoms with van der Waals surface area (Å²) in [6.07, 6.45) is 4.09. The van der Waals surface area contributed by atoms with E-state index in [2.05, 4.69) is 29.6 Å². The van der Waals surface area contributed by atoms with E-state index < -0.39 is 0 Å². The van der Waals surface area contributed by atoms with Crippen LogP contribution in [-0.4, -0.2) is 25.6 Å². The predicted molar refractivity (Wildman–Crippen MR) is 103 cm³/mol. The Morgan fingerprint density at radius 3 is 2.50 bits per heavy atom. The molecule has 1 amide bonds. The lowest BCUT2D eigenvalue weighted by Gasteiger charge is -2.23. The van der Waals surface area contributed by atoms with Crippen molar-refractivity contribution in [3.8, 4) is 5.75 Å². The van der Waals surface area contributed by atoms with Gasteiger partial charge < -0.3 is 15.0 Å². The maximum atomic E-state index is 12.0. The highest BCUT2D eigenvalue weighted by atomic mass is 16.5. The van der Waals surface area contributed by atoms with Gasteiger partial charge in [0.2, 0.25) is 0 Å². The van der Waals surface area contributed by atoms with Gasteiger partial charge in [0.25, 0.3) is 5.91 Å². The van der Waals surface area contributed by atoms with E-state index in [1.54, 1.807) is 4.90 Å². The van der Waals surface area contributed by atoms with Gasteiger partial charge in [0.05, 0.1) is 13.1 Å². The molecule has 2 aromatic carbocycles. The van der Waals surface area contributed by atoms with Crippen LogP contribution < -0.4 is 15.0 Å². The second-order valence-electron chi connectivity index (χ2n) is 7.19. The molecule has 1 fully saturated rings. The summed E-state index contributed by atoms with van der Waals surface area (Å²) in [5, 5.41) is 2.92. The first-order valence-corrected chi connectivity index (χ1v) is 9.56. The summed E-state index contributed by atoms with van der Waals surface area (Å²) in [7, 11) is 0. The summed E-state index contributed by atoms with van der Waals surface area (Å²) >= 11 is 0. The zero-order valence-corrected chi connectivity index (χ0v) is 15.6. The third kappa shape index (κ3) is 5.88. The molecule has 1 heterocycles. The minimum atomic E-state index is -0.103. The number of carbonyl (C=O) groups is 1. The van der Waals surface area contributed by atoms with E-state index in [4.69, 9.17) is 4.74 Å². The van der Waals surface area contributed by atoms with Crippen molar-refractivity contribution >= 4 is 5.91 Å². The number of hydrogen-bond donors (Lipinski definition) is 2. The SMILES string of the molecule is Cc1cccc(OCC(=O)NCc2ccc(C[NH+]3CCCCC3)cc2)c1. The molecule has 0 aromatic heterocycles. The lowest BCUT2D eigenvalue weighted by molar-refractivity contribution is -0.918. The molecule has 26 heavy (non-hydrogen) atoms. The van der Waals surface area contributed by atoms with Crippen LogP contribution in [0.2, 0.25) is 0 Å². The van der Waals surface area contributed by atoms with Gasteiger partial charge in [-0.2, -0.15) is 0 Å². The maximum Gasteiger partial charge on any atom is 0.258 e. The molecule has 0 aliphatic carbocycles. The highest BCUT2D eigenvalue weighted by Crippen LogP contribution is 2.12. The molecule has 0 spiro atoms. The van der Waals surface area contributed by atoms with E-state index in [0.29, 0.717) is 6.54 Å². The second kappa shape index (κ2) is 9.39. The van der Waals surface area contributed by atoms with Crippen LogP contribution in [0.3, 0.4) is 0 Å². The van der Waals surface area contributed by atoms with Crippen molar-refractivity contribution in [2.45, 2.75) is 39.3 Å². The van der Waals surface area contributed by atoms with Gasteiger partial charge in [0.1, 0.15) is 12.3 Å². The molecule has 3 rings (SSSR count). The molecule has 2 N–H and O–H groups in total. The number of hydrogen-bond acceptors (Lipinski definition) is 2. The van der Waals surface area contributed by atoms with Crippen molar-refractivity contribution in [1.82, 2.24) is 5.32 Å². The lowest BCUT2D eigenvalue weighted by atomic mass is 10.1. The smallest absolute Gasteiger partial charge is 0.258 e. The molecule has 1 aliphatic rings. The fourth-order valence-corrected chi connectivity index (χ4v) is 3.40. The highest BCUT2D eigenvalue weighted by molar-refractivity contribution is 5.77. The number of nitrogens with one attached hydrogen (secondary N) is 2. The third-order valence-corrected chi connectivity index (χ3v) is 4.89. The van der Waals surface area contributed by atoms with E-state index in [1.807, 2.05) is 31.2 Å². The van der Waals surface area contributed by atoms with Gasteiger partial charge in [-0.1, -0.05) is 36.4 Å². The topological polar surface area (TPSA) is 42.8 Å². The number of ether oxygens (including phenoxy) is 1. The minimum absolute atomic E-state index is 0.0415. The number of benzene rings is 2. The van der Waals surface area contributed by atoms with Gasteiger partial charge >= 0.3 is 0 Å². The van der Waals surface area contributed by atoms with Crippen LogP contribution in [0, 0.1) is 6.92 Å². The van der Waals surface area contributed by atoms with E-state index >= 15 is 0 Å². The summed E-state index contributed by atoms with van der Waals surface area (Å²) in [5.74, 6) is 0.623. The standard InChI is InChI=1S/C22H28N2O2/c1-18-6-5-7-21(14-18)26-17-22(25)23-15-19-8-10-20(11-9-19)16-24-12-3-2-4-13-24/h5-11,14H,2-4,12-13,15-17H2,1H3,(H,23,25)/p+1. The summed E-state index contributed by atoms with van der Waals surface area (Å²) in [6, 6.07) is 16.3. The van der Waals surface area contributed by atoms with Crippen LogP contribution in [0.25, 0.3) is 0 Å². The Kier molecular flexibility index (Phi) is 6.67. The normalized spacial score (nSPS) is 14.8. The Labute approximate surface area is 156 Å². The first-order chi connectivity index (χ1) is 12.7. The fourth-order valence-electron chi connectivity index (χ4n) is 3.40. The Balaban J connectivity index is 1.40. The average Bonchev–Trinajstić information content (AvgIpc) is 2.67. The molecule has 0 unspecified atom stereocenters. The van der Waals surface area contributed by atoms with E-state index in [9.17, 15) is 4.79 Å². The molecule has 1 aliphatic heterocycles. The summed E-state index contributed by atoms with van der Waals surface area (Å²) in [4.78, 5) is 13.7. The number of rotatable bonds is 7. The molecule has 0 atom stereocenters. The number of piperidine rings is 1. The van der Waals surface area contributed by atoms with Crippen LogP contribution in [0.1, 0.15) is 36.0 Å². The molecule has 0 saturated carbocycles. The van der Waals surface area contributed by atoms with Crippen molar-refractivity contribution in [2.75, 3.05) is 19.7 Å². The highest BCUT2D eigenvalue weighted by Gasteiger charge is 2.13. The molecular formula is C22H29N2O2+. The Hall–Kier alpha value is -2.33. The molecule has 0 radical (unpaired) electrons. The third-order valence-electron chi connectivity index (χ3n) is 4.89. The summed E-state index contributed by atoms with van der Waals surface area (Å²) in [6.45, 7) is 6.27. The first-order valence-electron chi connectivity index (χ1n) is 9.56. The van der Waals surface area contributed by atoms with Gasteiger partial charge in [-0.15, -0.1) is 0 Å². The van der Waals surface area contributed by atoms with Gasteiger partial charge in [-0.3, -0.25) is 4.79 Å². The van der Waals surface area contributed by atoms with Crippen LogP contribution in [0.15, 0.2) is 48.5 Å². The summed E-state index contributed by atoms with van der Waals surface area (Å²) in [5.41, 5.74) is 3.61. The predicted octanol–water partition coefficient (Wildman–Crippen LogP) is 2.26. The fraction of sp³-hybridized carbons (Fsp3) is 0.409. The van der Waals surface area contributed by atoms with E-state index in [1.165, 1.54) is 37.9 Å². The number of amides is 1. The number of likely N-dealkylation sites (tertiary alicyclic amines) is 1. The number of aryl methyl sites for hydroxylation is 1. The number of quaternary nitrogens is 1. The van der Waals surface area contributed by atoms with Gasteiger partial charge in [-0.25, -0.2) is 0 Å². The van der Waals surface area contributed by atoms with Crippen molar-refractivity contribution in [3.63, 3.8) is 0 Å². The van der Waals surface area contributed by atoms with Crippen molar-refractivity contribution < 1.29 is 14.4 Å². The zero-order valence-electron chi connectivity index (χ0n) is 15.6. The first kappa shape index (κ1) is 18.5. The molecule has 4 heteroatoms. The van der Waals surface area contributed by atoms with Crippen molar-refractivity contribution in [3.05, 3.63) is 65.2 Å². The van der Waals surface area contributed by atoms with Crippen LogP contribution >= 0.6 is 0 Å². The van der Waals surface area contributed by atoms with E-state index in [0.717, 1.165) is 23.4 Å². The van der Waals surface area contributed by atoms with Crippen molar-refractivity contribution in [1.29, 1.82) is 0 Å². The molecule has 2 aromatic rings. The van der Waals surface area contributed by atoms with Crippen LogP contribution in [-0.2, 0) is 17.9 Å². The van der Waals surface area contributed by atoms with Crippen molar-refractivity contribution in [2.24, 2.45) is 0 Å². The molecule has 4 nitrogen and oxygen atoms in total. The molecule has 138 valence electrons. The Bertz CT molecular complexity index is 706. The van der Waals surface area contributed by atoms with Gasteiger partial charge in [-0.05, 0) is 49.4 Å².